The lowest BCUT2D eigenvalue weighted by molar-refractivity contribution is -0.135. The zero-order valence-corrected chi connectivity index (χ0v) is 6.31. The number of allylic oxidation sites excluding steroid dienone is 1. The molecule has 0 heterocycles. The van der Waals surface area contributed by atoms with E-state index in [2.05, 4.69) is 4.43 Å². The summed E-state index contributed by atoms with van der Waals surface area (Å²) < 4.78 is 3.76. The van der Waals surface area contributed by atoms with E-state index in [-0.39, 0.29) is 0 Å². The molecule has 3 N–H and O–H groups in total. The van der Waals surface area contributed by atoms with Gasteiger partial charge in [0.2, 0.25) is 0 Å². The highest BCUT2D eigenvalue weighted by molar-refractivity contribution is 6.51. The minimum atomic E-state index is -4.66. The monoisotopic (exact) mass is 164 g/mol. The van der Waals surface area contributed by atoms with Crippen molar-refractivity contribution in [3.8, 4) is 0 Å². The molecule has 58 valence electrons. The second-order valence-corrected chi connectivity index (χ2v) is 2.85. The van der Waals surface area contributed by atoms with Crippen LogP contribution in [-0.4, -0.2) is 29.4 Å². The third kappa shape index (κ3) is 5.44. The first-order chi connectivity index (χ1) is 4.45. The van der Waals surface area contributed by atoms with Crippen LogP contribution in [0, 0.1) is 0 Å². The Kier molecular flexibility index (Phi) is 3.23. The SMILES string of the molecule is CC=CC(=O)O[Si](O)(O)O. The lowest BCUT2D eigenvalue weighted by Gasteiger charge is -2.06. The summed E-state index contributed by atoms with van der Waals surface area (Å²) in [6.45, 7) is 1.55. The Morgan fingerprint density at radius 1 is 1.50 bits per heavy atom. The van der Waals surface area contributed by atoms with Gasteiger partial charge < -0.3 is 18.8 Å². The smallest absolute Gasteiger partial charge is 0.449 e. The van der Waals surface area contributed by atoms with E-state index >= 15 is 0 Å². The van der Waals surface area contributed by atoms with Gasteiger partial charge in [-0.2, -0.15) is 0 Å². The van der Waals surface area contributed by atoms with E-state index in [0.29, 0.717) is 0 Å². The van der Waals surface area contributed by atoms with Crippen LogP contribution in [0.4, 0.5) is 0 Å². The molecular weight excluding hydrogens is 156 g/mol. The van der Waals surface area contributed by atoms with Gasteiger partial charge in [0.25, 0.3) is 0 Å². The second kappa shape index (κ2) is 3.47. The minimum absolute atomic E-state index is 0.963. The molecule has 5 nitrogen and oxygen atoms in total. The van der Waals surface area contributed by atoms with Crippen LogP contribution >= 0.6 is 0 Å². The van der Waals surface area contributed by atoms with Crippen molar-refractivity contribution >= 4 is 15.0 Å². The summed E-state index contributed by atoms with van der Waals surface area (Å²) in [5, 5.41) is 0. The van der Waals surface area contributed by atoms with E-state index in [1.807, 2.05) is 0 Å². The van der Waals surface area contributed by atoms with Crippen molar-refractivity contribution in [2.75, 3.05) is 0 Å². The fourth-order valence-corrected chi connectivity index (χ4v) is 0.643. The summed E-state index contributed by atoms with van der Waals surface area (Å²) in [7, 11) is -4.66. The lowest BCUT2D eigenvalue weighted by Crippen LogP contribution is -2.40. The first-order valence-electron chi connectivity index (χ1n) is 2.48. The van der Waals surface area contributed by atoms with Crippen LogP contribution in [0.3, 0.4) is 0 Å². The normalized spacial score (nSPS) is 12.0. The second-order valence-electron chi connectivity index (χ2n) is 1.49. The van der Waals surface area contributed by atoms with Crippen LogP contribution in [0.5, 0.6) is 0 Å². The van der Waals surface area contributed by atoms with E-state index in [1.165, 1.54) is 6.08 Å². The average Bonchev–Trinajstić information content (AvgIpc) is 1.59. The molecule has 0 aromatic rings. The van der Waals surface area contributed by atoms with E-state index < -0.39 is 15.0 Å². The predicted molar refractivity (Wildman–Crippen MR) is 33.3 cm³/mol. The van der Waals surface area contributed by atoms with Gasteiger partial charge in [0, 0.05) is 6.08 Å². The largest absolute Gasteiger partial charge is 0.743 e. The maximum Gasteiger partial charge on any atom is 0.743 e. The van der Waals surface area contributed by atoms with E-state index in [1.54, 1.807) is 6.92 Å². The number of carbonyl (C=O) groups is 1. The molecule has 0 saturated heterocycles. The van der Waals surface area contributed by atoms with E-state index in [9.17, 15) is 4.79 Å². The molecule has 0 saturated carbocycles. The van der Waals surface area contributed by atoms with Crippen molar-refractivity contribution in [1.82, 2.24) is 0 Å². The summed E-state index contributed by atoms with van der Waals surface area (Å²) in [6, 6.07) is 0. The summed E-state index contributed by atoms with van der Waals surface area (Å²) in [6.07, 6.45) is 2.31. The van der Waals surface area contributed by atoms with Gasteiger partial charge in [-0.3, -0.25) is 0 Å². The van der Waals surface area contributed by atoms with Gasteiger partial charge in [0.1, 0.15) is 0 Å². The predicted octanol–water partition coefficient (Wildman–Crippen LogP) is -1.48. The third-order valence-corrected chi connectivity index (χ3v) is 1.02. The van der Waals surface area contributed by atoms with Crippen LogP contribution in [-0.2, 0) is 9.22 Å². The average molecular weight is 164 g/mol. The summed E-state index contributed by atoms with van der Waals surface area (Å²) in [5.74, 6) is -0.971. The molecule has 0 rings (SSSR count). The van der Waals surface area contributed by atoms with Crippen molar-refractivity contribution < 1.29 is 23.6 Å². The van der Waals surface area contributed by atoms with Crippen LogP contribution in [0.15, 0.2) is 12.2 Å². The minimum Gasteiger partial charge on any atom is -0.449 e. The molecule has 0 aliphatic carbocycles. The van der Waals surface area contributed by atoms with Crippen LogP contribution in [0.2, 0.25) is 0 Å². The van der Waals surface area contributed by atoms with Crippen molar-refractivity contribution in [3.63, 3.8) is 0 Å². The molecule has 0 radical (unpaired) electrons. The van der Waals surface area contributed by atoms with Crippen LogP contribution < -0.4 is 0 Å². The van der Waals surface area contributed by atoms with E-state index in [0.717, 1.165) is 6.08 Å². The molecule has 0 aromatic heterocycles. The zero-order valence-electron chi connectivity index (χ0n) is 5.31. The Hall–Kier alpha value is -0.693. The molecule has 0 atom stereocenters. The van der Waals surface area contributed by atoms with Crippen LogP contribution in [0.25, 0.3) is 0 Å². The maximum atomic E-state index is 10.3. The molecule has 0 fully saturated rings. The summed E-state index contributed by atoms with van der Waals surface area (Å²) in [5.41, 5.74) is 0. The van der Waals surface area contributed by atoms with Crippen LogP contribution in [0.1, 0.15) is 6.92 Å². The first-order valence-corrected chi connectivity index (χ1v) is 4.23. The molecule has 0 aromatic carbocycles. The van der Waals surface area contributed by atoms with Gasteiger partial charge in [-0.15, -0.1) is 0 Å². The lowest BCUT2D eigenvalue weighted by atomic mass is 10.5. The molecule has 0 bridgehead atoms. The Labute approximate surface area is 58.7 Å². The topological polar surface area (TPSA) is 87.0 Å². The Morgan fingerprint density at radius 2 is 2.00 bits per heavy atom. The Morgan fingerprint density at radius 3 is 2.30 bits per heavy atom. The molecule has 0 spiro atoms. The molecule has 0 aliphatic heterocycles. The highest BCUT2D eigenvalue weighted by Gasteiger charge is 2.35. The molecular formula is C4H8O5Si. The third-order valence-electron chi connectivity index (χ3n) is 0.540. The van der Waals surface area contributed by atoms with Gasteiger partial charge in [0.15, 0.2) is 0 Å². The maximum absolute atomic E-state index is 10.3. The number of rotatable bonds is 2. The first kappa shape index (κ1) is 9.31. The van der Waals surface area contributed by atoms with Gasteiger partial charge >= 0.3 is 15.0 Å². The highest BCUT2D eigenvalue weighted by atomic mass is 28.4. The molecule has 6 heteroatoms. The van der Waals surface area contributed by atoms with Gasteiger partial charge in [-0.25, -0.2) is 4.79 Å². The zero-order chi connectivity index (χ0) is 8.20. The Balaban J connectivity index is 3.81. The fourth-order valence-electron chi connectivity index (χ4n) is 0.305. The number of hydrogen-bond acceptors (Lipinski definition) is 5. The van der Waals surface area contributed by atoms with Gasteiger partial charge in [-0.05, 0) is 6.92 Å². The molecule has 0 amide bonds. The highest BCUT2D eigenvalue weighted by Crippen LogP contribution is 1.90. The number of carbonyl (C=O) groups excluding carboxylic acids is 1. The van der Waals surface area contributed by atoms with Gasteiger partial charge in [0.05, 0.1) is 0 Å². The standard InChI is InChI=1S/C4H8O5Si/c1-2-3-4(5)9-10(6,7)8/h2-3,6-8H,1H3. The quantitative estimate of drug-likeness (QED) is 0.342. The summed E-state index contributed by atoms with van der Waals surface area (Å²) in [4.78, 5) is 34.9. The summed E-state index contributed by atoms with van der Waals surface area (Å²) >= 11 is 0. The van der Waals surface area contributed by atoms with E-state index in [4.69, 9.17) is 14.4 Å². The molecule has 0 aliphatic rings. The number of hydrogen-bond donors (Lipinski definition) is 3. The van der Waals surface area contributed by atoms with Crippen molar-refractivity contribution in [3.05, 3.63) is 12.2 Å². The molecule has 0 unspecified atom stereocenters. The van der Waals surface area contributed by atoms with Gasteiger partial charge in [-0.1, -0.05) is 6.08 Å². The van der Waals surface area contributed by atoms with Crippen molar-refractivity contribution in [2.24, 2.45) is 0 Å². The fraction of sp³-hybridized carbons (Fsp3) is 0.250. The van der Waals surface area contributed by atoms with Crippen molar-refractivity contribution in [2.45, 2.75) is 6.92 Å². The molecule has 10 heavy (non-hydrogen) atoms. The Bertz CT molecular complexity index is 146. The van der Waals surface area contributed by atoms with Crippen molar-refractivity contribution in [1.29, 1.82) is 0 Å².